The van der Waals surface area contributed by atoms with E-state index < -0.39 is 0 Å². The first-order valence-electron chi connectivity index (χ1n) is 7.51. The van der Waals surface area contributed by atoms with Crippen molar-refractivity contribution in [2.24, 2.45) is 0 Å². The monoisotopic (exact) mass is 340 g/mol. The fourth-order valence-electron chi connectivity index (χ4n) is 2.52. The highest BCUT2D eigenvalue weighted by molar-refractivity contribution is 9.10. The van der Waals surface area contributed by atoms with Crippen LogP contribution in [0.1, 0.15) is 38.7 Å². The van der Waals surface area contributed by atoms with Crippen molar-refractivity contribution in [1.29, 1.82) is 0 Å². The van der Waals surface area contributed by atoms with E-state index in [0.29, 0.717) is 18.6 Å². The lowest BCUT2D eigenvalue weighted by atomic mass is 9.91. The van der Waals surface area contributed by atoms with Gasteiger partial charge in [-0.05, 0) is 52.9 Å². The number of nitrogens with one attached hydrogen (secondary N) is 1. The minimum Gasteiger partial charge on any atom is -0.395 e. The number of anilines is 1. The lowest BCUT2D eigenvalue weighted by molar-refractivity contribution is 0.283. The lowest BCUT2D eigenvalue weighted by Gasteiger charge is -2.39. The van der Waals surface area contributed by atoms with E-state index in [9.17, 15) is 5.11 Å². The van der Waals surface area contributed by atoms with Gasteiger partial charge < -0.3 is 15.3 Å². The van der Waals surface area contributed by atoms with Crippen molar-refractivity contribution in [1.82, 2.24) is 5.32 Å². The third-order valence-electron chi connectivity index (χ3n) is 3.89. The van der Waals surface area contributed by atoms with Crippen LogP contribution in [0.2, 0.25) is 0 Å². The highest BCUT2D eigenvalue weighted by Crippen LogP contribution is 2.34. The molecule has 20 heavy (non-hydrogen) atoms. The molecule has 0 heterocycles. The van der Waals surface area contributed by atoms with Gasteiger partial charge in [0, 0.05) is 29.6 Å². The third kappa shape index (κ3) is 3.96. The van der Waals surface area contributed by atoms with E-state index >= 15 is 0 Å². The average molecular weight is 341 g/mol. The van der Waals surface area contributed by atoms with E-state index in [1.165, 1.54) is 30.5 Å². The number of rotatable bonds is 7. The summed E-state index contributed by atoms with van der Waals surface area (Å²) in [6.45, 7) is 6.12. The zero-order valence-electron chi connectivity index (χ0n) is 12.4. The molecule has 2 rings (SSSR count). The Hall–Kier alpha value is -0.580. The molecule has 0 atom stereocenters. The van der Waals surface area contributed by atoms with Crippen molar-refractivity contribution < 1.29 is 5.11 Å². The maximum atomic E-state index is 9.29. The molecule has 0 spiro atoms. The van der Waals surface area contributed by atoms with Crippen molar-refractivity contribution in [3.63, 3.8) is 0 Å². The summed E-state index contributed by atoms with van der Waals surface area (Å²) >= 11 is 3.70. The number of aliphatic hydroxyl groups excluding tert-OH is 1. The summed E-state index contributed by atoms with van der Waals surface area (Å²) in [6.07, 6.45) is 3.78. The summed E-state index contributed by atoms with van der Waals surface area (Å²) in [4.78, 5) is 2.34. The van der Waals surface area contributed by atoms with E-state index in [1.807, 2.05) is 0 Å². The number of hydrogen-bond donors (Lipinski definition) is 2. The fourth-order valence-corrected chi connectivity index (χ4v) is 3.18. The minimum absolute atomic E-state index is 0.208. The summed E-state index contributed by atoms with van der Waals surface area (Å²) in [6, 6.07) is 7.63. The Balaban J connectivity index is 2.10. The topological polar surface area (TPSA) is 35.5 Å². The van der Waals surface area contributed by atoms with E-state index in [0.717, 1.165) is 11.0 Å². The molecule has 0 aromatic heterocycles. The second-order valence-corrected chi connectivity index (χ2v) is 6.68. The number of aliphatic hydroxyl groups is 1. The highest BCUT2D eigenvalue weighted by atomic mass is 79.9. The molecule has 4 heteroatoms. The molecular weight excluding hydrogens is 316 g/mol. The van der Waals surface area contributed by atoms with Crippen molar-refractivity contribution in [2.45, 2.75) is 51.7 Å². The Bertz CT molecular complexity index is 432. The first-order valence-corrected chi connectivity index (χ1v) is 8.30. The van der Waals surface area contributed by atoms with Crippen LogP contribution in [0.25, 0.3) is 0 Å². The molecule has 0 amide bonds. The van der Waals surface area contributed by atoms with Gasteiger partial charge in [-0.3, -0.25) is 0 Å². The van der Waals surface area contributed by atoms with E-state index in [-0.39, 0.29) is 6.61 Å². The van der Waals surface area contributed by atoms with E-state index in [1.54, 1.807) is 0 Å². The molecule has 0 saturated heterocycles. The van der Waals surface area contributed by atoms with Gasteiger partial charge in [0.25, 0.3) is 0 Å². The quantitative estimate of drug-likeness (QED) is 0.799. The zero-order chi connectivity index (χ0) is 14.5. The summed E-state index contributed by atoms with van der Waals surface area (Å²) in [5, 5.41) is 12.7. The summed E-state index contributed by atoms with van der Waals surface area (Å²) in [7, 11) is 0. The smallest absolute Gasteiger partial charge is 0.0606 e. The molecule has 0 aliphatic heterocycles. The van der Waals surface area contributed by atoms with Crippen LogP contribution in [0.4, 0.5) is 5.69 Å². The van der Waals surface area contributed by atoms with Gasteiger partial charge in [-0.1, -0.05) is 19.9 Å². The summed E-state index contributed by atoms with van der Waals surface area (Å²) < 4.78 is 1.13. The number of benzene rings is 1. The Kier molecular flexibility index (Phi) is 5.87. The minimum atomic E-state index is 0.208. The maximum Gasteiger partial charge on any atom is 0.0606 e. The maximum absolute atomic E-state index is 9.29. The predicted octanol–water partition coefficient (Wildman–Crippen LogP) is 3.30. The Morgan fingerprint density at radius 2 is 2.15 bits per heavy atom. The van der Waals surface area contributed by atoms with Crippen molar-refractivity contribution >= 4 is 21.6 Å². The van der Waals surface area contributed by atoms with Crippen LogP contribution in [0.15, 0.2) is 22.7 Å². The Morgan fingerprint density at radius 1 is 1.40 bits per heavy atom. The van der Waals surface area contributed by atoms with Gasteiger partial charge in [0.1, 0.15) is 0 Å². The van der Waals surface area contributed by atoms with Gasteiger partial charge in [-0.25, -0.2) is 0 Å². The number of halogens is 1. The Labute approximate surface area is 130 Å². The van der Waals surface area contributed by atoms with Crippen LogP contribution in [0.3, 0.4) is 0 Å². The largest absolute Gasteiger partial charge is 0.395 e. The van der Waals surface area contributed by atoms with E-state index in [4.69, 9.17) is 0 Å². The molecule has 1 fully saturated rings. The predicted molar refractivity (Wildman–Crippen MR) is 88.2 cm³/mol. The zero-order valence-corrected chi connectivity index (χ0v) is 14.0. The van der Waals surface area contributed by atoms with Crippen molar-refractivity contribution in [2.75, 3.05) is 18.1 Å². The SMILES string of the molecule is CC(C)NCc1ccc(N(CCO)C2CCC2)c(Br)c1. The molecule has 3 nitrogen and oxygen atoms in total. The molecule has 1 aliphatic rings. The molecule has 1 saturated carbocycles. The van der Waals surface area contributed by atoms with Crippen LogP contribution in [0, 0.1) is 0 Å². The van der Waals surface area contributed by atoms with Gasteiger partial charge in [0.05, 0.1) is 12.3 Å². The molecule has 2 N–H and O–H groups in total. The van der Waals surface area contributed by atoms with Crippen LogP contribution in [-0.2, 0) is 6.54 Å². The normalized spacial score (nSPS) is 15.4. The van der Waals surface area contributed by atoms with Crippen LogP contribution in [-0.4, -0.2) is 30.3 Å². The molecule has 1 aliphatic carbocycles. The molecule has 1 aromatic carbocycles. The molecule has 0 bridgehead atoms. The van der Waals surface area contributed by atoms with Gasteiger partial charge in [0.15, 0.2) is 0 Å². The highest BCUT2D eigenvalue weighted by Gasteiger charge is 2.25. The van der Waals surface area contributed by atoms with Gasteiger partial charge >= 0.3 is 0 Å². The second-order valence-electron chi connectivity index (χ2n) is 5.82. The fraction of sp³-hybridized carbons (Fsp3) is 0.625. The molecule has 0 radical (unpaired) electrons. The standard InChI is InChI=1S/C16H25BrN2O/c1-12(2)18-11-13-6-7-16(15(17)10-13)19(8-9-20)14-4-3-5-14/h6-7,10,12,14,18,20H,3-5,8-9,11H2,1-2H3. The van der Waals surface area contributed by atoms with Gasteiger partial charge in [0.2, 0.25) is 0 Å². The van der Waals surface area contributed by atoms with E-state index in [2.05, 4.69) is 58.2 Å². The van der Waals surface area contributed by atoms with Crippen molar-refractivity contribution in [3.8, 4) is 0 Å². The molecule has 112 valence electrons. The van der Waals surface area contributed by atoms with Crippen molar-refractivity contribution in [3.05, 3.63) is 28.2 Å². The first kappa shape index (κ1) is 15.8. The summed E-state index contributed by atoms with van der Waals surface area (Å²) in [5.74, 6) is 0. The lowest BCUT2D eigenvalue weighted by Crippen LogP contribution is -2.42. The Morgan fingerprint density at radius 3 is 2.65 bits per heavy atom. The molecule has 1 aromatic rings. The third-order valence-corrected chi connectivity index (χ3v) is 4.53. The van der Waals surface area contributed by atoms with Gasteiger partial charge in [-0.15, -0.1) is 0 Å². The number of hydrogen-bond acceptors (Lipinski definition) is 3. The van der Waals surface area contributed by atoms with Gasteiger partial charge in [-0.2, -0.15) is 0 Å². The molecule has 0 unspecified atom stereocenters. The van der Waals surface area contributed by atoms with Crippen LogP contribution in [0.5, 0.6) is 0 Å². The second kappa shape index (κ2) is 7.43. The van der Waals surface area contributed by atoms with Crippen LogP contribution >= 0.6 is 15.9 Å². The van der Waals surface area contributed by atoms with Crippen LogP contribution < -0.4 is 10.2 Å². The summed E-state index contributed by atoms with van der Waals surface area (Å²) in [5.41, 5.74) is 2.49. The molecular formula is C16H25BrN2O. The first-order chi connectivity index (χ1) is 9.61. The number of nitrogens with zero attached hydrogens (tertiary/aromatic N) is 1. The average Bonchev–Trinajstić information content (AvgIpc) is 2.34.